The van der Waals surface area contributed by atoms with Crippen molar-refractivity contribution in [1.29, 1.82) is 0 Å². The molecule has 1 aromatic heterocycles. The molecule has 0 saturated heterocycles. The molecule has 24 heavy (non-hydrogen) atoms. The molecule has 0 saturated carbocycles. The average molecular weight is 355 g/mol. The third kappa shape index (κ3) is 5.92. The Morgan fingerprint density at radius 1 is 1.50 bits per heavy atom. The van der Waals surface area contributed by atoms with Crippen molar-refractivity contribution in [3.8, 4) is 5.75 Å². The van der Waals surface area contributed by atoms with E-state index in [9.17, 15) is 13.6 Å². The lowest BCUT2D eigenvalue weighted by molar-refractivity contribution is -0.142. The van der Waals surface area contributed by atoms with E-state index >= 15 is 0 Å². The minimum atomic E-state index is -2.87. The minimum Gasteiger partial charge on any atom is -0.466 e. The van der Waals surface area contributed by atoms with Crippen molar-refractivity contribution in [2.24, 2.45) is 5.10 Å². The minimum absolute atomic E-state index is 0.0555. The number of esters is 1. The monoisotopic (exact) mass is 355 g/mol. The lowest BCUT2D eigenvalue weighted by Gasteiger charge is -2.04. The van der Waals surface area contributed by atoms with Gasteiger partial charge in [0.05, 0.1) is 24.9 Å². The van der Waals surface area contributed by atoms with E-state index in [1.54, 1.807) is 24.4 Å². The molecule has 0 bridgehead atoms. The van der Waals surface area contributed by atoms with Crippen molar-refractivity contribution < 1.29 is 23.0 Å². The molecule has 0 aliphatic carbocycles. The Morgan fingerprint density at radius 2 is 2.33 bits per heavy atom. The maximum atomic E-state index is 12.2. The van der Waals surface area contributed by atoms with Crippen molar-refractivity contribution in [2.75, 3.05) is 12.0 Å². The molecule has 0 spiro atoms. The summed E-state index contributed by atoms with van der Waals surface area (Å²) in [6.45, 7) is -0.808. The van der Waals surface area contributed by atoms with Gasteiger partial charge in [0.25, 0.3) is 0 Å². The Bertz CT molecular complexity index is 707. The fraction of sp³-hybridized carbons (Fsp3) is 0.267. The van der Waals surface area contributed by atoms with Crippen molar-refractivity contribution in [2.45, 2.75) is 20.0 Å². The van der Waals surface area contributed by atoms with Gasteiger partial charge in [0, 0.05) is 5.38 Å². The maximum Gasteiger partial charge on any atom is 0.387 e. The first-order valence-corrected chi connectivity index (χ1v) is 7.88. The summed E-state index contributed by atoms with van der Waals surface area (Å²) in [6, 6.07) is 6.14. The van der Waals surface area contributed by atoms with Crippen LogP contribution in [0, 0.1) is 0 Å². The summed E-state index contributed by atoms with van der Waals surface area (Å²) in [4.78, 5) is 15.5. The van der Waals surface area contributed by atoms with Crippen LogP contribution in [0.3, 0.4) is 0 Å². The van der Waals surface area contributed by atoms with Crippen LogP contribution >= 0.6 is 11.3 Å². The van der Waals surface area contributed by atoms with Crippen LogP contribution in [-0.4, -0.2) is 30.4 Å². The van der Waals surface area contributed by atoms with E-state index in [0.29, 0.717) is 23.0 Å². The van der Waals surface area contributed by atoms with Crippen molar-refractivity contribution in [3.05, 3.63) is 40.9 Å². The van der Waals surface area contributed by atoms with E-state index in [1.807, 2.05) is 0 Å². The lowest BCUT2D eigenvalue weighted by Crippen LogP contribution is -2.07. The SMILES string of the molecule is CCOC(=O)Cc1csc(NN=Cc2cccc(OC(F)F)c2)n1. The molecule has 0 amide bonds. The van der Waals surface area contributed by atoms with E-state index in [2.05, 4.69) is 20.2 Å². The molecule has 0 unspecified atom stereocenters. The van der Waals surface area contributed by atoms with Crippen LogP contribution in [0.5, 0.6) is 5.75 Å². The van der Waals surface area contributed by atoms with Crippen molar-refractivity contribution in [1.82, 2.24) is 4.98 Å². The maximum absolute atomic E-state index is 12.2. The summed E-state index contributed by atoms with van der Waals surface area (Å²) in [5, 5.41) is 6.21. The quantitative estimate of drug-likeness (QED) is 0.447. The van der Waals surface area contributed by atoms with Gasteiger partial charge >= 0.3 is 12.6 Å². The number of hydrogen-bond acceptors (Lipinski definition) is 7. The smallest absolute Gasteiger partial charge is 0.387 e. The summed E-state index contributed by atoms with van der Waals surface area (Å²) < 4.78 is 33.5. The zero-order valence-corrected chi connectivity index (χ0v) is 13.6. The second-order valence-electron chi connectivity index (χ2n) is 4.45. The van der Waals surface area contributed by atoms with Crippen LogP contribution in [0.25, 0.3) is 0 Å². The molecule has 0 radical (unpaired) electrons. The highest BCUT2D eigenvalue weighted by Gasteiger charge is 2.08. The molecule has 0 atom stereocenters. The normalized spacial score (nSPS) is 11.0. The Morgan fingerprint density at radius 3 is 3.08 bits per heavy atom. The highest BCUT2D eigenvalue weighted by atomic mass is 32.1. The first-order valence-electron chi connectivity index (χ1n) is 7.00. The Hall–Kier alpha value is -2.55. The zero-order chi connectivity index (χ0) is 17.4. The molecule has 128 valence electrons. The number of ether oxygens (including phenoxy) is 2. The summed E-state index contributed by atoms with van der Waals surface area (Å²) in [5.41, 5.74) is 3.89. The predicted molar refractivity (Wildman–Crippen MR) is 86.7 cm³/mol. The fourth-order valence-electron chi connectivity index (χ4n) is 1.73. The number of benzene rings is 1. The third-order valence-electron chi connectivity index (χ3n) is 2.64. The Labute approximate surface area is 141 Å². The number of rotatable bonds is 8. The molecule has 1 N–H and O–H groups in total. The number of nitrogens with one attached hydrogen (secondary N) is 1. The molecular formula is C15H15F2N3O3S. The summed E-state index contributed by atoms with van der Waals surface area (Å²) >= 11 is 1.29. The number of hydrogen-bond donors (Lipinski definition) is 1. The molecule has 6 nitrogen and oxygen atoms in total. The summed E-state index contributed by atoms with van der Waals surface area (Å²) in [6.07, 6.45) is 1.55. The molecule has 9 heteroatoms. The predicted octanol–water partition coefficient (Wildman–Crippen LogP) is 3.30. The highest BCUT2D eigenvalue weighted by Crippen LogP contribution is 2.17. The summed E-state index contributed by atoms with van der Waals surface area (Å²) in [5.74, 6) is -0.284. The number of hydrazone groups is 1. The molecule has 0 aliphatic heterocycles. The zero-order valence-electron chi connectivity index (χ0n) is 12.7. The number of thiazole rings is 1. The Kier molecular flexibility index (Phi) is 6.62. The van der Waals surface area contributed by atoms with Gasteiger partial charge in [-0.15, -0.1) is 11.3 Å². The number of halogens is 2. The summed E-state index contributed by atoms with van der Waals surface area (Å²) in [7, 11) is 0. The molecule has 2 aromatic rings. The van der Waals surface area contributed by atoms with Gasteiger partial charge in [0.15, 0.2) is 0 Å². The number of anilines is 1. The number of aromatic nitrogens is 1. The molecule has 1 heterocycles. The van der Waals surface area contributed by atoms with E-state index in [1.165, 1.54) is 29.7 Å². The van der Waals surface area contributed by atoms with Gasteiger partial charge in [-0.3, -0.25) is 10.2 Å². The third-order valence-corrected chi connectivity index (χ3v) is 3.44. The van der Waals surface area contributed by atoms with Gasteiger partial charge in [-0.05, 0) is 24.6 Å². The number of alkyl halides is 2. The van der Waals surface area contributed by atoms with Crippen molar-refractivity contribution in [3.63, 3.8) is 0 Å². The number of carbonyl (C=O) groups is 1. The van der Waals surface area contributed by atoms with E-state index in [-0.39, 0.29) is 18.1 Å². The molecule has 2 rings (SSSR count). The lowest BCUT2D eigenvalue weighted by atomic mass is 10.2. The highest BCUT2D eigenvalue weighted by molar-refractivity contribution is 7.13. The standard InChI is InChI=1S/C15H15F2N3O3S/c1-2-22-13(21)7-11-9-24-15(19-11)20-18-8-10-4-3-5-12(6-10)23-14(16)17/h3-6,8-9,14H,2,7H2,1H3,(H,19,20). The van der Waals surface area contributed by atoms with Crippen LogP contribution < -0.4 is 10.2 Å². The first-order chi connectivity index (χ1) is 11.6. The first kappa shape index (κ1) is 17.8. The number of nitrogens with zero attached hydrogens (tertiary/aromatic N) is 2. The van der Waals surface area contributed by atoms with Crippen LogP contribution in [0.2, 0.25) is 0 Å². The largest absolute Gasteiger partial charge is 0.466 e. The van der Waals surface area contributed by atoms with Gasteiger partial charge in [0.1, 0.15) is 5.75 Å². The Balaban J connectivity index is 1.90. The van der Waals surface area contributed by atoms with Gasteiger partial charge in [0.2, 0.25) is 5.13 Å². The molecular weight excluding hydrogens is 340 g/mol. The van der Waals surface area contributed by atoms with Crippen molar-refractivity contribution >= 4 is 28.7 Å². The molecule has 0 aliphatic rings. The second kappa shape index (κ2) is 8.92. The fourth-order valence-corrected chi connectivity index (χ4v) is 2.39. The average Bonchev–Trinajstić information content (AvgIpc) is 2.94. The van der Waals surface area contributed by atoms with E-state index < -0.39 is 6.61 Å². The number of carbonyl (C=O) groups excluding carboxylic acids is 1. The van der Waals surface area contributed by atoms with Gasteiger partial charge in [-0.2, -0.15) is 13.9 Å². The van der Waals surface area contributed by atoms with E-state index in [4.69, 9.17) is 4.74 Å². The molecule has 0 fully saturated rings. The van der Waals surface area contributed by atoms with Gasteiger partial charge in [-0.1, -0.05) is 12.1 Å². The van der Waals surface area contributed by atoms with Crippen LogP contribution in [0.4, 0.5) is 13.9 Å². The second-order valence-corrected chi connectivity index (χ2v) is 5.30. The van der Waals surface area contributed by atoms with Crippen LogP contribution in [0.1, 0.15) is 18.2 Å². The van der Waals surface area contributed by atoms with Gasteiger partial charge in [-0.25, -0.2) is 4.98 Å². The van der Waals surface area contributed by atoms with Crippen LogP contribution in [-0.2, 0) is 16.0 Å². The topological polar surface area (TPSA) is 72.8 Å². The molecule has 1 aromatic carbocycles. The van der Waals surface area contributed by atoms with Gasteiger partial charge < -0.3 is 9.47 Å². The van der Waals surface area contributed by atoms with Crippen LogP contribution in [0.15, 0.2) is 34.7 Å². The van der Waals surface area contributed by atoms with E-state index in [0.717, 1.165) is 0 Å².